The molecular formula is C14H22N4O3S. The van der Waals surface area contributed by atoms with E-state index in [1.54, 1.807) is 16.7 Å². The Labute approximate surface area is 131 Å². The Balaban J connectivity index is 1.71. The van der Waals surface area contributed by atoms with Gasteiger partial charge in [0.25, 0.3) is 5.88 Å². The highest BCUT2D eigenvalue weighted by Crippen LogP contribution is 2.33. The molecule has 1 aromatic heterocycles. The maximum Gasteiger partial charge on any atom is 0.257 e. The van der Waals surface area contributed by atoms with Crippen LogP contribution in [0.3, 0.4) is 0 Å². The van der Waals surface area contributed by atoms with Crippen LogP contribution in [0.1, 0.15) is 25.7 Å². The van der Waals surface area contributed by atoms with Gasteiger partial charge in [-0.3, -0.25) is 0 Å². The second-order valence-corrected chi connectivity index (χ2v) is 8.28. The van der Waals surface area contributed by atoms with Crippen molar-refractivity contribution in [1.82, 2.24) is 14.3 Å². The molecule has 3 rings (SSSR count). The summed E-state index contributed by atoms with van der Waals surface area (Å²) in [5, 5.41) is -0.167. The zero-order valence-electron chi connectivity index (χ0n) is 13.0. The van der Waals surface area contributed by atoms with Gasteiger partial charge >= 0.3 is 0 Å². The van der Waals surface area contributed by atoms with Crippen LogP contribution in [-0.4, -0.2) is 61.2 Å². The normalized spacial score (nSPS) is 23.3. The quantitative estimate of drug-likeness (QED) is 0.799. The second-order valence-electron chi connectivity index (χ2n) is 6.06. The van der Waals surface area contributed by atoms with Crippen molar-refractivity contribution in [3.05, 3.63) is 12.4 Å². The molecule has 0 spiro atoms. The van der Waals surface area contributed by atoms with E-state index in [9.17, 15) is 8.42 Å². The first kappa shape index (κ1) is 15.5. The van der Waals surface area contributed by atoms with Crippen molar-refractivity contribution in [3.63, 3.8) is 0 Å². The first-order valence-electron chi connectivity index (χ1n) is 7.62. The summed E-state index contributed by atoms with van der Waals surface area (Å²) >= 11 is 0. The third kappa shape index (κ3) is 3.17. The van der Waals surface area contributed by atoms with Crippen LogP contribution < -0.4 is 9.64 Å². The second kappa shape index (κ2) is 6.00. The number of piperidine rings is 1. The van der Waals surface area contributed by atoms with Crippen LogP contribution in [0.25, 0.3) is 0 Å². The van der Waals surface area contributed by atoms with Crippen LogP contribution in [0.15, 0.2) is 12.4 Å². The molecule has 7 nitrogen and oxygen atoms in total. The van der Waals surface area contributed by atoms with E-state index in [0.717, 1.165) is 25.7 Å². The van der Waals surface area contributed by atoms with Crippen LogP contribution in [-0.2, 0) is 10.0 Å². The summed E-state index contributed by atoms with van der Waals surface area (Å²) in [5.74, 6) is 1.12. The summed E-state index contributed by atoms with van der Waals surface area (Å²) in [6.45, 7) is 1.00. The number of aromatic nitrogens is 2. The SMILES string of the molecule is CN(C)c1nccnc1O[C@H]1CCCN(S(=O)(=O)C2CC2)C1. The summed E-state index contributed by atoms with van der Waals surface area (Å²) in [5.41, 5.74) is 0. The molecule has 0 radical (unpaired) electrons. The Morgan fingerprint density at radius 2 is 1.95 bits per heavy atom. The maximum absolute atomic E-state index is 12.4. The van der Waals surface area contributed by atoms with E-state index < -0.39 is 10.0 Å². The Kier molecular flexibility index (Phi) is 4.22. The van der Waals surface area contributed by atoms with Gasteiger partial charge in [0.15, 0.2) is 5.82 Å². The molecule has 22 heavy (non-hydrogen) atoms. The van der Waals surface area contributed by atoms with Crippen LogP contribution in [0.4, 0.5) is 5.82 Å². The minimum atomic E-state index is -3.13. The number of ether oxygens (including phenoxy) is 1. The van der Waals surface area contributed by atoms with Crippen molar-refractivity contribution in [1.29, 1.82) is 0 Å². The summed E-state index contributed by atoms with van der Waals surface area (Å²) in [6, 6.07) is 0. The zero-order chi connectivity index (χ0) is 15.7. The first-order valence-corrected chi connectivity index (χ1v) is 9.13. The van der Waals surface area contributed by atoms with Crippen molar-refractivity contribution < 1.29 is 13.2 Å². The van der Waals surface area contributed by atoms with Gasteiger partial charge in [-0.05, 0) is 25.7 Å². The molecule has 2 fully saturated rings. The summed E-state index contributed by atoms with van der Waals surface area (Å²) in [6.07, 6.45) is 6.27. The Morgan fingerprint density at radius 3 is 2.64 bits per heavy atom. The average Bonchev–Trinajstić information content (AvgIpc) is 3.33. The third-order valence-corrected chi connectivity index (χ3v) is 6.36. The molecule has 0 unspecified atom stereocenters. The molecule has 1 saturated heterocycles. The highest BCUT2D eigenvalue weighted by atomic mass is 32.2. The van der Waals surface area contributed by atoms with E-state index >= 15 is 0 Å². The number of nitrogens with zero attached hydrogens (tertiary/aromatic N) is 4. The lowest BCUT2D eigenvalue weighted by atomic mass is 10.1. The molecule has 1 atom stereocenters. The predicted molar refractivity (Wildman–Crippen MR) is 83.5 cm³/mol. The predicted octanol–water partition coefficient (Wildman–Crippen LogP) is 0.878. The molecule has 1 aliphatic heterocycles. The Bertz CT molecular complexity index is 631. The Hall–Kier alpha value is -1.41. The molecule has 1 aromatic rings. The lowest BCUT2D eigenvalue weighted by molar-refractivity contribution is 0.124. The minimum absolute atomic E-state index is 0.167. The van der Waals surface area contributed by atoms with E-state index in [2.05, 4.69) is 9.97 Å². The summed E-state index contributed by atoms with van der Waals surface area (Å²) < 4.78 is 32.3. The summed E-state index contributed by atoms with van der Waals surface area (Å²) in [7, 11) is 0.620. The van der Waals surface area contributed by atoms with Gasteiger partial charge in [-0.15, -0.1) is 0 Å². The zero-order valence-corrected chi connectivity index (χ0v) is 13.8. The largest absolute Gasteiger partial charge is 0.470 e. The van der Waals surface area contributed by atoms with Crippen molar-refractivity contribution in [2.45, 2.75) is 37.0 Å². The van der Waals surface area contributed by atoms with Crippen molar-refractivity contribution >= 4 is 15.8 Å². The monoisotopic (exact) mass is 326 g/mol. The van der Waals surface area contributed by atoms with Crippen molar-refractivity contribution in [3.8, 4) is 5.88 Å². The van der Waals surface area contributed by atoms with Crippen LogP contribution in [0.5, 0.6) is 5.88 Å². The van der Waals surface area contributed by atoms with Gasteiger partial charge in [0.1, 0.15) is 6.10 Å². The fraction of sp³-hybridized carbons (Fsp3) is 0.714. The molecular weight excluding hydrogens is 304 g/mol. The lowest BCUT2D eigenvalue weighted by Gasteiger charge is -2.32. The van der Waals surface area contributed by atoms with Crippen LogP contribution in [0.2, 0.25) is 0 Å². The number of anilines is 1. The fourth-order valence-electron chi connectivity index (χ4n) is 2.67. The first-order chi connectivity index (χ1) is 10.5. The molecule has 0 aromatic carbocycles. The van der Waals surface area contributed by atoms with Crippen LogP contribution >= 0.6 is 0 Å². The van der Waals surface area contributed by atoms with Gasteiger partial charge in [0.05, 0.1) is 11.8 Å². The topological polar surface area (TPSA) is 75.6 Å². The van der Waals surface area contributed by atoms with Gasteiger partial charge in [-0.1, -0.05) is 0 Å². The average molecular weight is 326 g/mol. The Morgan fingerprint density at radius 1 is 1.23 bits per heavy atom. The molecule has 2 aliphatic rings. The minimum Gasteiger partial charge on any atom is -0.470 e. The van der Waals surface area contributed by atoms with E-state index in [1.807, 2.05) is 19.0 Å². The molecule has 0 amide bonds. The number of rotatable bonds is 5. The van der Waals surface area contributed by atoms with Gasteiger partial charge in [0, 0.05) is 33.0 Å². The fourth-order valence-corrected chi connectivity index (χ4v) is 4.59. The lowest BCUT2D eigenvalue weighted by Crippen LogP contribution is -2.45. The van der Waals surface area contributed by atoms with Crippen LogP contribution in [0, 0.1) is 0 Å². The standard InChI is InChI=1S/C14H22N4O3S/c1-17(2)13-14(16-8-7-15-13)21-11-4-3-9-18(10-11)22(19,20)12-5-6-12/h7-8,11-12H,3-6,9-10H2,1-2H3/t11-/m0/s1. The molecule has 0 N–H and O–H groups in total. The van der Waals surface area contributed by atoms with Crippen molar-refractivity contribution in [2.24, 2.45) is 0 Å². The van der Waals surface area contributed by atoms with Crippen molar-refractivity contribution in [2.75, 3.05) is 32.1 Å². The van der Waals surface area contributed by atoms with E-state index in [-0.39, 0.29) is 11.4 Å². The van der Waals surface area contributed by atoms with E-state index in [4.69, 9.17) is 4.74 Å². The smallest absolute Gasteiger partial charge is 0.257 e. The highest BCUT2D eigenvalue weighted by Gasteiger charge is 2.42. The molecule has 1 aliphatic carbocycles. The van der Waals surface area contributed by atoms with Gasteiger partial charge in [0.2, 0.25) is 10.0 Å². The highest BCUT2D eigenvalue weighted by molar-refractivity contribution is 7.90. The molecule has 8 heteroatoms. The number of hydrogen-bond acceptors (Lipinski definition) is 6. The molecule has 122 valence electrons. The van der Waals surface area contributed by atoms with E-state index in [0.29, 0.717) is 24.8 Å². The maximum atomic E-state index is 12.4. The molecule has 0 bridgehead atoms. The summed E-state index contributed by atoms with van der Waals surface area (Å²) in [4.78, 5) is 10.3. The third-order valence-electron chi connectivity index (χ3n) is 3.99. The number of sulfonamides is 1. The van der Waals surface area contributed by atoms with Gasteiger partial charge in [-0.2, -0.15) is 4.31 Å². The number of hydrogen-bond donors (Lipinski definition) is 0. The van der Waals surface area contributed by atoms with Gasteiger partial charge < -0.3 is 9.64 Å². The molecule has 2 heterocycles. The molecule has 1 saturated carbocycles. The van der Waals surface area contributed by atoms with Gasteiger partial charge in [-0.25, -0.2) is 18.4 Å². The van der Waals surface area contributed by atoms with E-state index in [1.165, 1.54) is 0 Å².